The van der Waals surface area contributed by atoms with Gasteiger partial charge in [0.05, 0.1) is 25.4 Å². The molecule has 0 aromatic rings. The standard InChI is InChI=1S/C84H161NO5/c1-3-5-7-9-11-13-15-17-19-21-23-24-38-41-44-48-52-56-60-64-68-72-76-82(87)81(80-86)85-83(88)77-73-69-65-61-57-53-49-45-42-39-36-34-32-30-28-26-25-27-29-31-33-35-37-40-43-47-51-55-59-63-67-71-75-79-90-84(89)78-74-70-66-62-58-54-50-46-22-20-18-16-14-12-10-8-6-4-2/h14,16,20,22,72,76,81-82,86-87H,3-13,15,17-19,21,23-71,73-75,77-80H2,1-2H3,(H,85,88)/b16-14-,22-20-,76-72+. The SMILES string of the molecule is CCCCCC/C=C\C/C=C\CCCCCCCCCC(=O)OCCCCCCCCCCCCCCCCCCCCCCCCCCCCCCCCCCCC(=O)NC(CO)C(O)/C=C/CCCCCCCCCCCCCCCCCCCCCC. The quantitative estimate of drug-likeness (QED) is 0.0320. The number of carbonyl (C=O) groups is 2. The third-order valence-electron chi connectivity index (χ3n) is 19.4. The van der Waals surface area contributed by atoms with Crippen LogP contribution in [0, 0.1) is 0 Å². The predicted octanol–water partition coefficient (Wildman–Crippen LogP) is 27.4. The molecule has 6 heteroatoms. The second kappa shape index (κ2) is 79.5. The van der Waals surface area contributed by atoms with Crippen LogP contribution in [0.25, 0.3) is 0 Å². The number of rotatable bonds is 78. The Hall–Kier alpha value is -1.92. The number of aliphatic hydroxyl groups excluding tert-OH is 2. The maximum atomic E-state index is 12.6. The van der Waals surface area contributed by atoms with Crippen LogP contribution in [0.2, 0.25) is 0 Å². The number of carbonyl (C=O) groups excluding carboxylic acids is 2. The van der Waals surface area contributed by atoms with E-state index in [0.717, 1.165) is 51.4 Å². The molecule has 0 aliphatic rings. The summed E-state index contributed by atoms with van der Waals surface area (Å²) in [6.07, 6.45) is 104. The number of esters is 1. The molecule has 2 unspecified atom stereocenters. The monoisotopic (exact) mass is 1260 g/mol. The van der Waals surface area contributed by atoms with E-state index in [1.54, 1.807) is 6.08 Å². The van der Waals surface area contributed by atoms with Crippen molar-refractivity contribution in [3.63, 3.8) is 0 Å². The lowest BCUT2D eigenvalue weighted by molar-refractivity contribution is -0.143. The minimum Gasteiger partial charge on any atom is -0.466 e. The summed E-state index contributed by atoms with van der Waals surface area (Å²) in [5.41, 5.74) is 0. The van der Waals surface area contributed by atoms with Crippen LogP contribution in [0.1, 0.15) is 463 Å². The minimum absolute atomic E-state index is 0.0149. The average molecular weight is 1270 g/mol. The molecule has 0 spiro atoms. The van der Waals surface area contributed by atoms with Crippen molar-refractivity contribution in [2.75, 3.05) is 13.2 Å². The number of allylic oxidation sites excluding steroid dienone is 5. The van der Waals surface area contributed by atoms with Gasteiger partial charge in [0.15, 0.2) is 0 Å². The van der Waals surface area contributed by atoms with Crippen LogP contribution in [0.15, 0.2) is 36.5 Å². The highest BCUT2D eigenvalue weighted by atomic mass is 16.5. The van der Waals surface area contributed by atoms with Gasteiger partial charge in [0.2, 0.25) is 5.91 Å². The number of hydrogen-bond donors (Lipinski definition) is 3. The molecule has 0 saturated carbocycles. The Morgan fingerprint density at radius 1 is 0.311 bits per heavy atom. The van der Waals surface area contributed by atoms with Gasteiger partial charge >= 0.3 is 5.97 Å². The Balaban J connectivity index is 3.34. The van der Waals surface area contributed by atoms with Crippen molar-refractivity contribution in [1.82, 2.24) is 5.32 Å². The fourth-order valence-electron chi connectivity index (χ4n) is 13.1. The van der Waals surface area contributed by atoms with Gasteiger partial charge in [0.25, 0.3) is 0 Å². The first-order valence-corrected chi connectivity index (χ1v) is 41.3. The Morgan fingerprint density at radius 2 is 0.556 bits per heavy atom. The van der Waals surface area contributed by atoms with E-state index < -0.39 is 12.1 Å². The number of aliphatic hydroxyl groups is 2. The molecule has 0 radical (unpaired) electrons. The van der Waals surface area contributed by atoms with Crippen molar-refractivity contribution in [2.45, 2.75) is 475 Å². The third-order valence-corrected chi connectivity index (χ3v) is 19.4. The zero-order valence-electron chi connectivity index (χ0n) is 61.1. The minimum atomic E-state index is -0.843. The number of ether oxygens (including phenoxy) is 1. The smallest absolute Gasteiger partial charge is 0.305 e. The number of hydrogen-bond acceptors (Lipinski definition) is 5. The zero-order valence-corrected chi connectivity index (χ0v) is 61.1. The fourth-order valence-corrected chi connectivity index (χ4v) is 13.1. The molecular weight excluding hydrogens is 1100 g/mol. The van der Waals surface area contributed by atoms with Crippen molar-refractivity contribution in [1.29, 1.82) is 0 Å². The fraction of sp³-hybridized carbons (Fsp3) is 0.905. The highest BCUT2D eigenvalue weighted by Crippen LogP contribution is 2.20. The van der Waals surface area contributed by atoms with Crippen LogP contribution in [0.5, 0.6) is 0 Å². The first kappa shape index (κ1) is 88.1. The largest absolute Gasteiger partial charge is 0.466 e. The Morgan fingerprint density at radius 3 is 0.856 bits per heavy atom. The molecule has 1 amide bonds. The summed E-state index contributed by atoms with van der Waals surface area (Å²) in [7, 11) is 0. The van der Waals surface area contributed by atoms with Crippen molar-refractivity contribution in [2.24, 2.45) is 0 Å². The number of unbranched alkanes of at least 4 members (excludes halogenated alkanes) is 63. The van der Waals surface area contributed by atoms with Gasteiger partial charge in [0.1, 0.15) is 0 Å². The molecule has 0 aliphatic heterocycles. The average Bonchev–Trinajstić information content (AvgIpc) is 3.59. The van der Waals surface area contributed by atoms with Crippen LogP contribution in [-0.4, -0.2) is 47.4 Å². The highest BCUT2D eigenvalue weighted by Gasteiger charge is 2.18. The van der Waals surface area contributed by atoms with E-state index in [9.17, 15) is 19.8 Å². The molecule has 0 aliphatic carbocycles. The second-order valence-corrected chi connectivity index (χ2v) is 28.5. The molecular formula is C84H161NO5. The number of nitrogens with one attached hydrogen (secondary N) is 1. The maximum Gasteiger partial charge on any atom is 0.305 e. The van der Waals surface area contributed by atoms with Gasteiger partial charge in [-0.25, -0.2) is 0 Å². The van der Waals surface area contributed by atoms with Crippen LogP contribution in [0.3, 0.4) is 0 Å². The van der Waals surface area contributed by atoms with Gasteiger partial charge in [-0.15, -0.1) is 0 Å². The molecule has 0 aromatic carbocycles. The van der Waals surface area contributed by atoms with Crippen LogP contribution in [0.4, 0.5) is 0 Å². The van der Waals surface area contributed by atoms with Gasteiger partial charge in [-0.05, 0) is 64.2 Å². The Kier molecular flexibility index (Phi) is 77.8. The Bertz CT molecular complexity index is 1460. The van der Waals surface area contributed by atoms with E-state index >= 15 is 0 Å². The first-order valence-electron chi connectivity index (χ1n) is 41.3. The molecule has 0 rings (SSSR count). The van der Waals surface area contributed by atoms with E-state index in [-0.39, 0.29) is 18.5 Å². The third kappa shape index (κ3) is 75.1. The van der Waals surface area contributed by atoms with Crippen LogP contribution in [-0.2, 0) is 14.3 Å². The molecule has 2 atom stereocenters. The van der Waals surface area contributed by atoms with Gasteiger partial charge in [-0.3, -0.25) is 9.59 Å². The normalized spacial score (nSPS) is 12.6. The summed E-state index contributed by atoms with van der Waals surface area (Å²) in [5.74, 6) is -0.0433. The van der Waals surface area contributed by atoms with Gasteiger partial charge < -0.3 is 20.3 Å². The maximum absolute atomic E-state index is 12.6. The van der Waals surface area contributed by atoms with Crippen LogP contribution < -0.4 is 5.32 Å². The summed E-state index contributed by atoms with van der Waals surface area (Å²) >= 11 is 0. The zero-order chi connectivity index (χ0) is 64.9. The summed E-state index contributed by atoms with van der Waals surface area (Å²) in [4.78, 5) is 24.7. The van der Waals surface area contributed by atoms with Crippen molar-refractivity contribution in [3.05, 3.63) is 36.5 Å². The lowest BCUT2D eigenvalue weighted by atomic mass is 10.0. The molecule has 0 bridgehead atoms. The van der Waals surface area contributed by atoms with Crippen molar-refractivity contribution >= 4 is 11.9 Å². The molecule has 0 saturated heterocycles. The topological polar surface area (TPSA) is 95.9 Å². The lowest BCUT2D eigenvalue weighted by Crippen LogP contribution is -2.45. The summed E-state index contributed by atoms with van der Waals surface area (Å²) in [6, 6.07) is -0.626. The van der Waals surface area contributed by atoms with Crippen molar-refractivity contribution in [3.8, 4) is 0 Å². The molecule has 3 N–H and O–H groups in total. The molecule has 6 nitrogen and oxygen atoms in total. The van der Waals surface area contributed by atoms with Crippen LogP contribution >= 0.6 is 0 Å². The summed E-state index contributed by atoms with van der Waals surface area (Å²) in [6.45, 7) is 4.94. The highest BCUT2D eigenvalue weighted by molar-refractivity contribution is 5.76. The second-order valence-electron chi connectivity index (χ2n) is 28.5. The molecule has 90 heavy (non-hydrogen) atoms. The van der Waals surface area contributed by atoms with E-state index in [0.29, 0.717) is 19.4 Å². The van der Waals surface area contributed by atoms with Crippen molar-refractivity contribution < 1.29 is 24.5 Å². The molecule has 532 valence electrons. The molecule has 0 aromatic heterocycles. The van der Waals surface area contributed by atoms with Gasteiger partial charge in [0, 0.05) is 12.8 Å². The van der Waals surface area contributed by atoms with E-state index in [1.807, 2.05) is 6.08 Å². The van der Waals surface area contributed by atoms with E-state index in [1.165, 1.54) is 385 Å². The molecule has 0 heterocycles. The Labute approximate surface area is 564 Å². The summed E-state index contributed by atoms with van der Waals surface area (Å²) in [5, 5.41) is 23.3. The van der Waals surface area contributed by atoms with E-state index in [2.05, 4.69) is 43.5 Å². The summed E-state index contributed by atoms with van der Waals surface area (Å²) < 4.78 is 5.51. The van der Waals surface area contributed by atoms with Gasteiger partial charge in [-0.2, -0.15) is 0 Å². The first-order chi connectivity index (χ1) is 44.5. The molecule has 0 fully saturated rings. The van der Waals surface area contributed by atoms with E-state index in [4.69, 9.17) is 4.74 Å². The lowest BCUT2D eigenvalue weighted by Gasteiger charge is -2.20. The predicted molar refractivity (Wildman–Crippen MR) is 398 cm³/mol. The van der Waals surface area contributed by atoms with Gasteiger partial charge in [-0.1, -0.05) is 423 Å². The number of amides is 1.